The first-order valence-electron chi connectivity index (χ1n) is 10.8. The lowest BCUT2D eigenvalue weighted by molar-refractivity contribution is 0.0992. The van der Waals surface area contributed by atoms with Gasteiger partial charge in [0, 0.05) is 37.3 Å². The third-order valence-corrected chi connectivity index (χ3v) is 7.05. The van der Waals surface area contributed by atoms with E-state index in [-0.39, 0.29) is 29.5 Å². The molecule has 1 aromatic heterocycles. The number of aromatic hydroxyl groups is 1. The number of halogens is 1. The van der Waals surface area contributed by atoms with Crippen LogP contribution in [0.5, 0.6) is 5.75 Å². The first kappa shape index (κ1) is 23.3. The van der Waals surface area contributed by atoms with Crippen LogP contribution < -0.4 is 10.2 Å². The molecule has 0 aliphatic carbocycles. The molecule has 4 rings (SSSR count). The van der Waals surface area contributed by atoms with Gasteiger partial charge in [-0.1, -0.05) is 23.7 Å². The lowest BCUT2D eigenvalue weighted by Gasteiger charge is -2.23. The van der Waals surface area contributed by atoms with Gasteiger partial charge < -0.3 is 20.2 Å². The average molecular weight is 484 g/mol. The molecule has 1 aliphatic heterocycles. The Hall–Kier alpha value is -2.87. The molecule has 1 saturated heterocycles. The highest BCUT2D eigenvalue weighted by Gasteiger charge is 2.18. The number of carbonyl (C=O) groups is 2. The van der Waals surface area contributed by atoms with E-state index in [1.54, 1.807) is 36.4 Å². The van der Waals surface area contributed by atoms with Crippen LogP contribution in [0.15, 0.2) is 54.6 Å². The Labute approximate surface area is 202 Å². The number of amides is 1. The Morgan fingerprint density at radius 1 is 1.03 bits per heavy atom. The second kappa shape index (κ2) is 10.4. The molecular weight excluding hydrogens is 458 g/mol. The third-order valence-electron chi connectivity index (χ3n) is 5.78. The smallest absolute Gasteiger partial charge is 0.255 e. The van der Waals surface area contributed by atoms with Crippen LogP contribution in [-0.4, -0.2) is 54.9 Å². The maximum absolute atomic E-state index is 12.9. The quantitative estimate of drug-likeness (QED) is 0.384. The van der Waals surface area contributed by atoms with Crippen molar-refractivity contribution in [1.29, 1.82) is 0 Å². The number of para-hydroxylation sites is 1. The van der Waals surface area contributed by atoms with E-state index in [1.807, 2.05) is 12.1 Å². The molecule has 172 valence electrons. The second-order valence-corrected chi connectivity index (χ2v) is 9.87. The number of nitrogens with one attached hydrogen (secondary N) is 1. The highest BCUT2D eigenvalue weighted by Crippen LogP contribution is 2.30. The molecular formula is C25H26ClN3O3S. The molecule has 6 nitrogen and oxygen atoms in total. The Morgan fingerprint density at radius 3 is 2.55 bits per heavy atom. The number of benzene rings is 2. The molecule has 3 aromatic rings. The van der Waals surface area contributed by atoms with Crippen LogP contribution in [0.25, 0.3) is 0 Å². The number of phenols is 1. The van der Waals surface area contributed by atoms with E-state index in [0.717, 1.165) is 38.3 Å². The standard InChI is InChI=1S/C25H26ClN3O3S/c1-28-12-3-13-29(15-14-28)19-8-6-17(7-9-19)25(32)27-24-18(4-2-5-20(24)30)16-21(31)22-10-11-23(26)33-22/h2,4-11,30H,3,12-16H2,1H3,(H,27,32). The number of Topliss-reactive ketones (excluding diaryl/α,β-unsaturated/α-hetero) is 1. The summed E-state index contributed by atoms with van der Waals surface area (Å²) in [6.07, 6.45) is 1.15. The van der Waals surface area contributed by atoms with Crippen LogP contribution >= 0.6 is 22.9 Å². The fourth-order valence-electron chi connectivity index (χ4n) is 3.92. The molecule has 33 heavy (non-hydrogen) atoms. The molecule has 0 spiro atoms. The Morgan fingerprint density at radius 2 is 1.82 bits per heavy atom. The van der Waals surface area contributed by atoms with Crippen molar-refractivity contribution in [2.24, 2.45) is 0 Å². The first-order valence-corrected chi connectivity index (χ1v) is 12.0. The van der Waals surface area contributed by atoms with Crippen molar-refractivity contribution in [3.63, 3.8) is 0 Å². The summed E-state index contributed by atoms with van der Waals surface area (Å²) in [6.45, 7) is 4.03. The molecule has 1 aliphatic rings. The number of ketones is 1. The van der Waals surface area contributed by atoms with E-state index in [0.29, 0.717) is 20.3 Å². The normalized spacial score (nSPS) is 14.7. The fourth-order valence-corrected chi connectivity index (χ4v) is 4.90. The maximum atomic E-state index is 12.9. The molecule has 0 atom stereocenters. The zero-order valence-electron chi connectivity index (χ0n) is 18.4. The number of thiophene rings is 1. The summed E-state index contributed by atoms with van der Waals surface area (Å²) in [5.74, 6) is -0.546. The lowest BCUT2D eigenvalue weighted by atomic mass is 10.0. The molecule has 8 heteroatoms. The minimum Gasteiger partial charge on any atom is -0.506 e. The molecule has 0 unspecified atom stereocenters. The average Bonchev–Trinajstić information content (AvgIpc) is 3.13. The Kier molecular flexibility index (Phi) is 7.33. The summed E-state index contributed by atoms with van der Waals surface area (Å²) >= 11 is 7.15. The van der Waals surface area contributed by atoms with Crippen molar-refractivity contribution >= 4 is 46.0 Å². The fraction of sp³-hybridized carbons (Fsp3) is 0.280. The van der Waals surface area contributed by atoms with Gasteiger partial charge in [0.2, 0.25) is 0 Å². The summed E-state index contributed by atoms with van der Waals surface area (Å²) in [4.78, 5) is 30.7. The van der Waals surface area contributed by atoms with Gasteiger partial charge in [-0.25, -0.2) is 0 Å². The minimum absolute atomic E-state index is 0.0448. The van der Waals surface area contributed by atoms with Gasteiger partial charge in [0.15, 0.2) is 5.78 Å². The summed E-state index contributed by atoms with van der Waals surface area (Å²) in [5, 5.41) is 13.2. The third kappa shape index (κ3) is 5.74. The van der Waals surface area contributed by atoms with Crippen molar-refractivity contribution in [2.45, 2.75) is 12.8 Å². The predicted octanol–water partition coefficient (Wildman–Crippen LogP) is 4.93. The summed E-state index contributed by atoms with van der Waals surface area (Å²) < 4.78 is 0.540. The van der Waals surface area contributed by atoms with Gasteiger partial charge in [0.05, 0.1) is 14.9 Å². The van der Waals surface area contributed by atoms with Gasteiger partial charge in [0.25, 0.3) is 5.91 Å². The Bertz CT molecular complexity index is 1150. The van der Waals surface area contributed by atoms with Gasteiger partial charge in [0.1, 0.15) is 5.75 Å². The van der Waals surface area contributed by atoms with Crippen LogP contribution in [0.4, 0.5) is 11.4 Å². The van der Waals surface area contributed by atoms with Crippen molar-refractivity contribution < 1.29 is 14.7 Å². The summed E-state index contributed by atoms with van der Waals surface area (Å²) in [7, 11) is 2.13. The highest BCUT2D eigenvalue weighted by molar-refractivity contribution is 7.18. The molecule has 0 saturated carbocycles. The largest absolute Gasteiger partial charge is 0.506 e. The Balaban J connectivity index is 1.47. The van der Waals surface area contributed by atoms with Crippen molar-refractivity contribution in [3.05, 3.63) is 74.9 Å². The van der Waals surface area contributed by atoms with Gasteiger partial charge in [-0.15, -0.1) is 11.3 Å². The maximum Gasteiger partial charge on any atom is 0.255 e. The predicted molar refractivity (Wildman–Crippen MR) is 134 cm³/mol. The van der Waals surface area contributed by atoms with Crippen LogP contribution in [0, 0.1) is 0 Å². The van der Waals surface area contributed by atoms with E-state index < -0.39 is 0 Å². The molecule has 1 fully saturated rings. The number of carbonyl (C=O) groups excluding carboxylic acids is 2. The van der Waals surface area contributed by atoms with Crippen LogP contribution in [0.3, 0.4) is 0 Å². The van der Waals surface area contributed by atoms with Gasteiger partial charge >= 0.3 is 0 Å². The van der Waals surface area contributed by atoms with Crippen molar-refractivity contribution in [1.82, 2.24) is 4.90 Å². The van der Waals surface area contributed by atoms with E-state index in [9.17, 15) is 14.7 Å². The van der Waals surface area contributed by atoms with Crippen LogP contribution in [0.1, 0.15) is 32.0 Å². The van der Waals surface area contributed by atoms with Gasteiger partial charge in [-0.05, 0) is 68.0 Å². The highest BCUT2D eigenvalue weighted by atomic mass is 35.5. The monoisotopic (exact) mass is 483 g/mol. The molecule has 0 radical (unpaired) electrons. The minimum atomic E-state index is -0.341. The topological polar surface area (TPSA) is 72.9 Å². The molecule has 1 amide bonds. The van der Waals surface area contributed by atoms with Gasteiger partial charge in [-0.2, -0.15) is 0 Å². The zero-order valence-corrected chi connectivity index (χ0v) is 20.0. The second-order valence-electron chi connectivity index (χ2n) is 8.16. The lowest BCUT2D eigenvalue weighted by Crippen LogP contribution is -2.28. The number of anilines is 2. The van der Waals surface area contributed by atoms with E-state index in [2.05, 4.69) is 22.2 Å². The van der Waals surface area contributed by atoms with E-state index in [4.69, 9.17) is 11.6 Å². The number of rotatable bonds is 6. The van der Waals surface area contributed by atoms with E-state index >= 15 is 0 Å². The summed E-state index contributed by atoms with van der Waals surface area (Å²) in [5.41, 5.74) is 2.36. The summed E-state index contributed by atoms with van der Waals surface area (Å²) in [6, 6.07) is 15.7. The van der Waals surface area contributed by atoms with Crippen molar-refractivity contribution in [3.8, 4) is 5.75 Å². The number of hydrogen-bond donors (Lipinski definition) is 2. The zero-order chi connectivity index (χ0) is 23.4. The number of likely N-dealkylation sites (N-methyl/N-ethyl adjacent to an activating group) is 1. The van der Waals surface area contributed by atoms with Crippen molar-refractivity contribution in [2.75, 3.05) is 43.4 Å². The van der Waals surface area contributed by atoms with Crippen LogP contribution in [-0.2, 0) is 6.42 Å². The van der Waals surface area contributed by atoms with E-state index in [1.165, 1.54) is 17.4 Å². The molecule has 2 heterocycles. The number of nitrogens with zero attached hydrogens (tertiary/aromatic N) is 2. The molecule has 2 aromatic carbocycles. The number of hydrogen-bond acceptors (Lipinski definition) is 6. The van der Waals surface area contributed by atoms with Crippen LogP contribution in [0.2, 0.25) is 4.34 Å². The first-order chi connectivity index (χ1) is 15.9. The molecule has 0 bridgehead atoms. The van der Waals surface area contributed by atoms with Gasteiger partial charge in [-0.3, -0.25) is 9.59 Å². The molecule has 2 N–H and O–H groups in total. The number of phenolic OH excluding ortho intramolecular Hbond substituents is 1. The SMILES string of the molecule is CN1CCCN(c2ccc(C(=O)Nc3c(O)cccc3CC(=O)c3ccc(Cl)s3)cc2)CC1.